The molecule has 2 bridgehead atoms. The maximum absolute atomic E-state index is 9.98. The molecule has 92 valence electrons. The van der Waals surface area contributed by atoms with Crippen molar-refractivity contribution in [1.82, 2.24) is 0 Å². The van der Waals surface area contributed by atoms with Crippen LogP contribution in [0.1, 0.15) is 55.7 Å². The number of benzene rings is 1. The first-order valence-corrected chi connectivity index (χ1v) is 6.40. The third-order valence-corrected chi connectivity index (χ3v) is 4.43. The van der Waals surface area contributed by atoms with Crippen LogP contribution in [-0.4, -0.2) is 22.4 Å². The van der Waals surface area contributed by atoms with E-state index in [9.17, 15) is 10.2 Å². The summed E-state index contributed by atoms with van der Waals surface area (Å²) in [6.45, 7) is 6.60. The summed E-state index contributed by atoms with van der Waals surface area (Å²) in [6, 6.07) is 6.55. The highest BCUT2D eigenvalue weighted by Gasteiger charge is 2.49. The first-order chi connectivity index (χ1) is 7.89. The molecule has 0 heterocycles. The lowest BCUT2D eigenvalue weighted by Gasteiger charge is -2.28. The molecule has 0 radical (unpaired) electrons. The maximum atomic E-state index is 9.98. The molecule has 1 fully saturated rings. The molecule has 0 spiro atoms. The predicted molar refractivity (Wildman–Crippen MR) is 67.3 cm³/mol. The van der Waals surface area contributed by atoms with E-state index in [1.807, 2.05) is 0 Å². The minimum atomic E-state index is -0.567. The summed E-state index contributed by atoms with van der Waals surface area (Å²) >= 11 is 0. The summed E-state index contributed by atoms with van der Waals surface area (Å²) in [5, 5.41) is 19.9. The molecule has 3 rings (SSSR count). The van der Waals surface area contributed by atoms with E-state index >= 15 is 0 Å². The fraction of sp³-hybridized carbons (Fsp3) is 0.600. The van der Waals surface area contributed by atoms with Crippen LogP contribution in [0.5, 0.6) is 0 Å². The van der Waals surface area contributed by atoms with E-state index in [2.05, 4.69) is 39.0 Å². The van der Waals surface area contributed by atoms with Crippen molar-refractivity contribution in [1.29, 1.82) is 0 Å². The van der Waals surface area contributed by atoms with E-state index in [1.165, 1.54) is 16.7 Å². The Labute approximate surface area is 102 Å². The van der Waals surface area contributed by atoms with Gasteiger partial charge in [0, 0.05) is 11.8 Å². The average molecular weight is 232 g/mol. The van der Waals surface area contributed by atoms with Gasteiger partial charge in [-0.2, -0.15) is 0 Å². The van der Waals surface area contributed by atoms with Crippen LogP contribution < -0.4 is 0 Å². The Morgan fingerprint density at radius 2 is 1.59 bits per heavy atom. The van der Waals surface area contributed by atoms with Gasteiger partial charge in [0.1, 0.15) is 0 Å². The van der Waals surface area contributed by atoms with Gasteiger partial charge in [-0.25, -0.2) is 0 Å². The van der Waals surface area contributed by atoms with Gasteiger partial charge >= 0.3 is 0 Å². The summed E-state index contributed by atoms with van der Waals surface area (Å²) in [5.74, 6) is 0.298. The maximum Gasteiger partial charge on any atom is 0.0873 e. The van der Waals surface area contributed by atoms with Crippen molar-refractivity contribution in [2.75, 3.05) is 0 Å². The predicted octanol–water partition coefficient (Wildman–Crippen LogP) is 2.29. The zero-order valence-corrected chi connectivity index (χ0v) is 10.6. The van der Waals surface area contributed by atoms with E-state index in [0.29, 0.717) is 0 Å². The fourth-order valence-corrected chi connectivity index (χ4v) is 3.35. The number of rotatable bonds is 0. The Balaban J connectivity index is 2.08. The first-order valence-electron chi connectivity index (χ1n) is 6.40. The van der Waals surface area contributed by atoms with E-state index in [4.69, 9.17) is 0 Å². The van der Waals surface area contributed by atoms with Crippen LogP contribution in [0, 0.1) is 0 Å². The summed E-state index contributed by atoms with van der Waals surface area (Å²) < 4.78 is 0. The number of aliphatic hydroxyl groups excluding tert-OH is 2. The van der Waals surface area contributed by atoms with Gasteiger partial charge in [-0.1, -0.05) is 39.0 Å². The molecule has 2 aliphatic rings. The molecule has 2 nitrogen and oxygen atoms in total. The highest BCUT2D eigenvalue weighted by molar-refractivity contribution is 5.47. The SMILES string of the molecule is CC(C)(C)c1ccc2c(c1)C1CC2[C@H](O)[C@@H]1O. The summed E-state index contributed by atoms with van der Waals surface area (Å²) in [6.07, 6.45) is -0.221. The Bertz CT molecular complexity index is 458. The van der Waals surface area contributed by atoms with Crippen molar-refractivity contribution in [3.63, 3.8) is 0 Å². The molecular formula is C15H20O2. The molecule has 4 atom stereocenters. The molecular weight excluding hydrogens is 212 g/mol. The largest absolute Gasteiger partial charge is 0.390 e. The molecule has 17 heavy (non-hydrogen) atoms. The van der Waals surface area contributed by atoms with Gasteiger partial charge in [0.15, 0.2) is 0 Å². The van der Waals surface area contributed by atoms with Crippen molar-refractivity contribution < 1.29 is 10.2 Å². The van der Waals surface area contributed by atoms with Crippen LogP contribution in [0.3, 0.4) is 0 Å². The normalized spacial score (nSPS) is 35.1. The average Bonchev–Trinajstić information content (AvgIpc) is 2.76. The second kappa shape index (κ2) is 3.33. The molecule has 0 saturated heterocycles. The smallest absolute Gasteiger partial charge is 0.0873 e. The Hall–Kier alpha value is -0.860. The number of hydrogen-bond acceptors (Lipinski definition) is 2. The molecule has 0 aliphatic heterocycles. The monoisotopic (exact) mass is 232 g/mol. The number of aliphatic hydroxyl groups is 2. The Kier molecular flexibility index (Phi) is 2.20. The third kappa shape index (κ3) is 1.47. The molecule has 2 aliphatic carbocycles. The van der Waals surface area contributed by atoms with Gasteiger partial charge in [0.05, 0.1) is 12.2 Å². The summed E-state index contributed by atoms with van der Waals surface area (Å²) in [4.78, 5) is 0. The Morgan fingerprint density at radius 1 is 1.00 bits per heavy atom. The zero-order valence-electron chi connectivity index (χ0n) is 10.6. The number of fused-ring (bicyclic) bond motifs is 5. The molecule has 1 aromatic rings. The standard InChI is InChI=1S/C15H20O2/c1-15(2,3)8-4-5-9-10(6-8)12-7-11(9)13(16)14(12)17/h4-6,11-14,16-17H,7H2,1-3H3/t11?,12?,13-,14+/m0/s1. The lowest BCUT2D eigenvalue weighted by atomic mass is 9.81. The van der Waals surface area contributed by atoms with E-state index < -0.39 is 12.2 Å². The fourth-order valence-electron chi connectivity index (χ4n) is 3.35. The molecule has 0 amide bonds. The molecule has 1 saturated carbocycles. The van der Waals surface area contributed by atoms with Crippen LogP contribution in [0.2, 0.25) is 0 Å². The minimum absolute atomic E-state index is 0.139. The van der Waals surface area contributed by atoms with Gasteiger partial charge < -0.3 is 10.2 Å². The quantitative estimate of drug-likeness (QED) is 0.720. The second-order valence-corrected chi connectivity index (χ2v) is 6.52. The van der Waals surface area contributed by atoms with Gasteiger partial charge in [-0.15, -0.1) is 0 Å². The van der Waals surface area contributed by atoms with E-state index in [1.54, 1.807) is 0 Å². The van der Waals surface area contributed by atoms with Crippen molar-refractivity contribution in [2.24, 2.45) is 0 Å². The van der Waals surface area contributed by atoms with Gasteiger partial charge in [0.25, 0.3) is 0 Å². The molecule has 2 heteroatoms. The molecule has 2 N–H and O–H groups in total. The lowest BCUT2D eigenvalue weighted by molar-refractivity contribution is 0.0216. The molecule has 1 aromatic carbocycles. The van der Waals surface area contributed by atoms with E-state index in [-0.39, 0.29) is 17.3 Å². The van der Waals surface area contributed by atoms with Crippen molar-refractivity contribution in [3.05, 3.63) is 34.9 Å². The van der Waals surface area contributed by atoms with Crippen molar-refractivity contribution in [2.45, 2.75) is 56.7 Å². The van der Waals surface area contributed by atoms with Gasteiger partial charge in [-0.3, -0.25) is 0 Å². The van der Waals surface area contributed by atoms with Gasteiger partial charge in [-0.05, 0) is 28.5 Å². The van der Waals surface area contributed by atoms with Crippen molar-refractivity contribution >= 4 is 0 Å². The van der Waals surface area contributed by atoms with E-state index in [0.717, 1.165) is 6.42 Å². The highest BCUT2D eigenvalue weighted by Crippen LogP contribution is 2.53. The summed E-state index contributed by atoms with van der Waals surface area (Å²) in [5.41, 5.74) is 3.96. The summed E-state index contributed by atoms with van der Waals surface area (Å²) in [7, 11) is 0. The van der Waals surface area contributed by atoms with Crippen LogP contribution in [0.4, 0.5) is 0 Å². The number of hydrogen-bond donors (Lipinski definition) is 2. The lowest BCUT2D eigenvalue weighted by Crippen LogP contribution is -2.31. The Morgan fingerprint density at radius 3 is 2.18 bits per heavy atom. The van der Waals surface area contributed by atoms with Crippen LogP contribution >= 0.6 is 0 Å². The third-order valence-electron chi connectivity index (χ3n) is 4.43. The van der Waals surface area contributed by atoms with Gasteiger partial charge in [0.2, 0.25) is 0 Å². The first kappa shape index (κ1) is 11.2. The minimum Gasteiger partial charge on any atom is -0.390 e. The highest BCUT2D eigenvalue weighted by atomic mass is 16.3. The zero-order chi connectivity index (χ0) is 12.4. The van der Waals surface area contributed by atoms with Crippen LogP contribution in [-0.2, 0) is 5.41 Å². The molecule has 2 unspecified atom stereocenters. The second-order valence-electron chi connectivity index (χ2n) is 6.52. The topological polar surface area (TPSA) is 40.5 Å². The van der Waals surface area contributed by atoms with Crippen molar-refractivity contribution in [3.8, 4) is 0 Å². The molecule has 0 aromatic heterocycles. The van der Waals surface area contributed by atoms with Crippen LogP contribution in [0.15, 0.2) is 18.2 Å². The van der Waals surface area contributed by atoms with Crippen LogP contribution in [0.25, 0.3) is 0 Å².